The summed E-state index contributed by atoms with van der Waals surface area (Å²) in [6.07, 6.45) is 0.668. The zero-order valence-corrected chi connectivity index (χ0v) is 16.0. The first-order valence-corrected chi connectivity index (χ1v) is 8.37. The van der Waals surface area contributed by atoms with Crippen molar-refractivity contribution in [3.8, 4) is 17.2 Å². The topological polar surface area (TPSA) is 69.2 Å². The van der Waals surface area contributed by atoms with Crippen LogP contribution in [0.5, 0.6) is 17.2 Å². The van der Waals surface area contributed by atoms with E-state index >= 15 is 0 Å². The van der Waals surface area contributed by atoms with E-state index in [0.717, 1.165) is 0 Å². The number of ether oxygens (including phenoxy) is 3. The predicted molar refractivity (Wildman–Crippen MR) is 102 cm³/mol. The van der Waals surface area contributed by atoms with Crippen LogP contribution in [-0.2, 0) is 4.79 Å². The normalized spacial score (nSPS) is 11.9. The molecule has 1 atom stereocenters. The number of rotatable bonds is 7. The van der Waals surface area contributed by atoms with Crippen molar-refractivity contribution >= 4 is 35.3 Å². The minimum atomic E-state index is -0.802. The molecule has 2 rings (SSSR count). The van der Waals surface area contributed by atoms with Gasteiger partial charge < -0.3 is 14.2 Å². The molecule has 26 heavy (non-hydrogen) atoms. The van der Waals surface area contributed by atoms with E-state index in [0.29, 0.717) is 32.9 Å². The van der Waals surface area contributed by atoms with E-state index in [1.807, 2.05) is 0 Å². The van der Waals surface area contributed by atoms with Crippen LogP contribution in [-0.4, -0.2) is 32.4 Å². The minimum Gasteiger partial charge on any atom is -0.497 e. The van der Waals surface area contributed by atoms with Crippen molar-refractivity contribution in [2.75, 3.05) is 14.2 Å². The fourth-order valence-corrected chi connectivity index (χ4v) is 2.45. The van der Waals surface area contributed by atoms with E-state index in [9.17, 15) is 4.79 Å². The smallest absolute Gasteiger partial charge is 0.280 e. The second-order valence-corrected chi connectivity index (χ2v) is 6.02. The Kier molecular flexibility index (Phi) is 7.12. The van der Waals surface area contributed by atoms with Crippen molar-refractivity contribution in [3.63, 3.8) is 0 Å². The molecule has 1 amide bonds. The number of benzene rings is 2. The fourth-order valence-electron chi connectivity index (χ4n) is 2.00. The lowest BCUT2D eigenvalue weighted by Crippen LogP contribution is -2.33. The Morgan fingerprint density at radius 3 is 2.54 bits per heavy atom. The largest absolute Gasteiger partial charge is 0.497 e. The van der Waals surface area contributed by atoms with Gasteiger partial charge in [0.05, 0.1) is 25.5 Å². The summed E-state index contributed by atoms with van der Waals surface area (Å²) in [5.41, 5.74) is 3.09. The summed E-state index contributed by atoms with van der Waals surface area (Å²) in [5.74, 6) is 1.16. The molecule has 1 unspecified atom stereocenters. The number of hydrogen-bond acceptors (Lipinski definition) is 5. The standard InChI is InChI=1S/C18H18Cl2N2O4/c1-11(26-16-7-5-13(19)8-15(16)20)18(23)22-21-10-12-4-6-14(24-2)9-17(12)25-3/h4-11H,1-3H3,(H,22,23). The Labute approximate surface area is 161 Å². The van der Waals surface area contributed by atoms with Gasteiger partial charge in [-0.25, -0.2) is 5.43 Å². The van der Waals surface area contributed by atoms with Gasteiger partial charge in [-0.05, 0) is 37.3 Å². The molecule has 0 aromatic heterocycles. The van der Waals surface area contributed by atoms with Crippen LogP contribution in [0.4, 0.5) is 0 Å². The molecule has 0 spiro atoms. The highest BCUT2D eigenvalue weighted by Gasteiger charge is 2.15. The molecule has 2 aromatic carbocycles. The molecule has 0 radical (unpaired) electrons. The summed E-state index contributed by atoms with van der Waals surface area (Å²) in [7, 11) is 3.10. The maximum absolute atomic E-state index is 12.1. The highest BCUT2D eigenvalue weighted by atomic mass is 35.5. The Hall–Kier alpha value is -2.44. The van der Waals surface area contributed by atoms with Crippen LogP contribution in [0.1, 0.15) is 12.5 Å². The molecule has 0 heterocycles. The molecule has 0 aliphatic carbocycles. The van der Waals surface area contributed by atoms with Crippen molar-refractivity contribution in [1.29, 1.82) is 0 Å². The second kappa shape index (κ2) is 9.31. The van der Waals surface area contributed by atoms with E-state index in [1.165, 1.54) is 19.4 Å². The van der Waals surface area contributed by atoms with Gasteiger partial charge in [0.2, 0.25) is 0 Å². The van der Waals surface area contributed by atoms with Crippen LogP contribution >= 0.6 is 23.2 Å². The molecular formula is C18H18Cl2N2O4. The molecule has 8 heteroatoms. The number of methoxy groups -OCH3 is 2. The zero-order valence-electron chi connectivity index (χ0n) is 14.5. The molecule has 0 aliphatic heterocycles. The highest BCUT2D eigenvalue weighted by molar-refractivity contribution is 6.35. The van der Waals surface area contributed by atoms with Gasteiger partial charge in [0.15, 0.2) is 6.10 Å². The summed E-state index contributed by atoms with van der Waals surface area (Å²) >= 11 is 11.9. The van der Waals surface area contributed by atoms with Crippen molar-refractivity contribution in [2.24, 2.45) is 5.10 Å². The van der Waals surface area contributed by atoms with Crippen LogP contribution in [0, 0.1) is 0 Å². The maximum Gasteiger partial charge on any atom is 0.280 e. The highest BCUT2D eigenvalue weighted by Crippen LogP contribution is 2.28. The van der Waals surface area contributed by atoms with Gasteiger partial charge in [-0.2, -0.15) is 5.10 Å². The molecule has 0 saturated heterocycles. The molecule has 2 aromatic rings. The Morgan fingerprint density at radius 2 is 1.88 bits per heavy atom. The van der Waals surface area contributed by atoms with E-state index in [2.05, 4.69) is 10.5 Å². The van der Waals surface area contributed by atoms with Crippen molar-refractivity contribution < 1.29 is 19.0 Å². The first kappa shape index (κ1) is 19.9. The number of nitrogens with one attached hydrogen (secondary N) is 1. The predicted octanol–water partition coefficient (Wildman–Crippen LogP) is 3.93. The maximum atomic E-state index is 12.1. The number of hydrazone groups is 1. The van der Waals surface area contributed by atoms with Crippen LogP contribution in [0.25, 0.3) is 0 Å². The van der Waals surface area contributed by atoms with Crippen LogP contribution in [0.2, 0.25) is 10.0 Å². The minimum absolute atomic E-state index is 0.323. The molecule has 138 valence electrons. The summed E-state index contributed by atoms with van der Waals surface area (Å²) in [6, 6.07) is 10.0. The van der Waals surface area contributed by atoms with Crippen molar-refractivity contribution in [2.45, 2.75) is 13.0 Å². The van der Waals surface area contributed by atoms with Gasteiger partial charge in [0, 0.05) is 16.7 Å². The molecular weight excluding hydrogens is 379 g/mol. The number of carbonyl (C=O) groups excluding carboxylic acids is 1. The van der Waals surface area contributed by atoms with Crippen molar-refractivity contribution in [1.82, 2.24) is 5.43 Å². The van der Waals surface area contributed by atoms with Gasteiger partial charge in [-0.15, -0.1) is 0 Å². The zero-order chi connectivity index (χ0) is 19.1. The lowest BCUT2D eigenvalue weighted by molar-refractivity contribution is -0.127. The SMILES string of the molecule is COc1ccc(C=NNC(=O)C(C)Oc2ccc(Cl)cc2Cl)c(OC)c1. The average Bonchev–Trinajstić information content (AvgIpc) is 2.63. The number of nitrogens with zero attached hydrogens (tertiary/aromatic N) is 1. The average molecular weight is 397 g/mol. The molecule has 0 fully saturated rings. The van der Waals surface area contributed by atoms with E-state index in [1.54, 1.807) is 44.4 Å². The number of amides is 1. The van der Waals surface area contributed by atoms with Crippen LogP contribution < -0.4 is 19.6 Å². The first-order valence-electron chi connectivity index (χ1n) is 7.61. The van der Waals surface area contributed by atoms with Crippen LogP contribution in [0.15, 0.2) is 41.5 Å². The number of halogens is 2. The number of carbonyl (C=O) groups is 1. The molecule has 0 aliphatic rings. The summed E-state index contributed by atoms with van der Waals surface area (Å²) < 4.78 is 15.9. The Morgan fingerprint density at radius 1 is 1.12 bits per heavy atom. The van der Waals surface area contributed by atoms with E-state index < -0.39 is 12.0 Å². The molecule has 1 N–H and O–H groups in total. The van der Waals surface area contributed by atoms with E-state index in [-0.39, 0.29) is 0 Å². The van der Waals surface area contributed by atoms with Gasteiger partial charge in [-0.1, -0.05) is 23.2 Å². The Balaban J connectivity index is 1.98. The van der Waals surface area contributed by atoms with Gasteiger partial charge in [0.1, 0.15) is 17.2 Å². The molecule has 6 nitrogen and oxygen atoms in total. The first-order chi connectivity index (χ1) is 12.4. The van der Waals surface area contributed by atoms with Crippen LogP contribution in [0.3, 0.4) is 0 Å². The fraction of sp³-hybridized carbons (Fsp3) is 0.222. The van der Waals surface area contributed by atoms with Gasteiger partial charge in [0.25, 0.3) is 5.91 Å². The third-order valence-electron chi connectivity index (χ3n) is 3.39. The van der Waals surface area contributed by atoms with Crippen molar-refractivity contribution in [3.05, 3.63) is 52.0 Å². The third kappa shape index (κ3) is 5.28. The summed E-state index contributed by atoms with van der Waals surface area (Å²) in [5, 5.41) is 4.73. The summed E-state index contributed by atoms with van der Waals surface area (Å²) in [4.78, 5) is 12.1. The molecule has 0 saturated carbocycles. The second-order valence-electron chi connectivity index (χ2n) is 5.18. The third-order valence-corrected chi connectivity index (χ3v) is 3.92. The Bertz CT molecular complexity index is 812. The quantitative estimate of drug-likeness (QED) is 0.568. The summed E-state index contributed by atoms with van der Waals surface area (Å²) in [6.45, 7) is 1.59. The van der Waals surface area contributed by atoms with Gasteiger partial charge >= 0.3 is 0 Å². The number of hydrogen-bond donors (Lipinski definition) is 1. The van der Waals surface area contributed by atoms with Gasteiger partial charge in [-0.3, -0.25) is 4.79 Å². The van der Waals surface area contributed by atoms with E-state index in [4.69, 9.17) is 37.4 Å². The molecule has 0 bridgehead atoms. The lowest BCUT2D eigenvalue weighted by Gasteiger charge is -2.14. The monoisotopic (exact) mass is 396 g/mol. The lowest BCUT2D eigenvalue weighted by atomic mass is 10.2.